The minimum Gasteiger partial charge on any atom is -0.508 e. The number of likely N-dealkylation sites (tertiary alicyclic amines) is 1. The van der Waals surface area contributed by atoms with Gasteiger partial charge in [-0.15, -0.1) is 0 Å². The number of carbonyl (C=O) groups excluding carboxylic acids is 1. The number of nitrogens with one attached hydrogen (secondary N) is 1. The van der Waals surface area contributed by atoms with Gasteiger partial charge in [-0.25, -0.2) is 0 Å². The molecule has 0 bridgehead atoms. The van der Waals surface area contributed by atoms with E-state index >= 15 is 0 Å². The van der Waals surface area contributed by atoms with Crippen LogP contribution in [0.3, 0.4) is 0 Å². The average molecular weight is 304 g/mol. The summed E-state index contributed by atoms with van der Waals surface area (Å²) in [5, 5.41) is 12.9. The summed E-state index contributed by atoms with van der Waals surface area (Å²) in [6.45, 7) is 7.71. The number of phenols is 1. The fraction of sp³-hybridized carbons (Fsp3) is 0.611. The molecular formula is C18H28N2O2. The standard InChI is InChI=1S/C18H28N2O2/c1-14(2)7-10-19-18(22)15-8-11-20(12-9-15)13-16-5-3-4-6-17(16)21/h3-6,14-15,21H,7-13H2,1-2H3,(H,19,22). The Kier molecular flexibility index (Phi) is 6.25. The number of aromatic hydroxyl groups is 1. The van der Waals surface area contributed by atoms with Crippen LogP contribution >= 0.6 is 0 Å². The number of nitrogens with zero attached hydrogens (tertiary/aromatic N) is 1. The second-order valence-electron chi connectivity index (χ2n) is 6.65. The zero-order valence-electron chi connectivity index (χ0n) is 13.7. The van der Waals surface area contributed by atoms with Gasteiger partial charge in [0.15, 0.2) is 0 Å². The van der Waals surface area contributed by atoms with Gasteiger partial charge in [-0.05, 0) is 44.3 Å². The van der Waals surface area contributed by atoms with E-state index in [0.717, 1.165) is 51.0 Å². The molecule has 1 fully saturated rings. The molecular weight excluding hydrogens is 276 g/mol. The molecule has 2 rings (SSSR count). The van der Waals surface area contributed by atoms with Crippen LogP contribution in [0, 0.1) is 11.8 Å². The lowest BCUT2D eigenvalue weighted by molar-refractivity contribution is -0.126. The molecule has 0 aromatic heterocycles. The van der Waals surface area contributed by atoms with Crippen molar-refractivity contribution in [2.75, 3.05) is 19.6 Å². The van der Waals surface area contributed by atoms with Crippen molar-refractivity contribution in [1.82, 2.24) is 10.2 Å². The fourth-order valence-corrected chi connectivity index (χ4v) is 2.87. The summed E-state index contributed by atoms with van der Waals surface area (Å²) in [6, 6.07) is 7.47. The van der Waals surface area contributed by atoms with Gasteiger partial charge in [0.2, 0.25) is 5.91 Å². The van der Waals surface area contributed by atoms with Crippen molar-refractivity contribution in [3.05, 3.63) is 29.8 Å². The van der Waals surface area contributed by atoms with Gasteiger partial charge in [-0.3, -0.25) is 9.69 Å². The summed E-state index contributed by atoms with van der Waals surface area (Å²) >= 11 is 0. The van der Waals surface area contributed by atoms with Gasteiger partial charge in [0.05, 0.1) is 0 Å². The van der Waals surface area contributed by atoms with Crippen molar-refractivity contribution >= 4 is 5.91 Å². The highest BCUT2D eigenvalue weighted by atomic mass is 16.3. The number of hydrogen-bond acceptors (Lipinski definition) is 3. The van der Waals surface area contributed by atoms with E-state index in [4.69, 9.17) is 0 Å². The van der Waals surface area contributed by atoms with Crippen LogP contribution in [0.2, 0.25) is 0 Å². The molecule has 1 aromatic carbocycles. The van der Waals surface area contributed by atoms with E-state index in [-0.39, 0.29) is 11.8 Å². The molecule has 0 saturated carbocycles. The number of amides is 1. The molecule has 0 aliphatic carbocycles. The summed E-state index contributed by atoms with van der Waals surface area (Å²) in [7, 11) is 0. The quantitative estimate of drug-likeness (QED) is 0.849. The Morgan fingerprint density at radius 2 is 2.00 bits per heavy atom. The number of hydrogen-bond donors (Lipinski definition) is 2. The number of benzene rings is 1. The van der Waals surface area contributed by atoms with Crippen LogP contribution < -0.4 is 5.32 Å². The number of para-hydroxylation sites is 1. The SMILES string of the molecule is CC(C)CCNC(=O)C1CCN(Cc2ccccc2O)CC1. The Bertz CT molecular complexity index is 480. The maximum atomic E-state index is 12.1. The third-order valence-corrected chi connectivity index (χ3v) is 4.36. The van der Waals surface area contributed by atoms with Gasteiger partial charge in [0.1, 0.15) is 5.75 Å². The van der Waals surface area contributed by atoms with E-state index in [2.05, 4.69) is 24.1 Å². The highest BCUT2D eigenvalue weighted by Crippen LogP contribution is 2.22. The second kappa shape index (κ2) is 8.18. The molecule has 0 unspecified atom stereocenters. The Morgan fingerprint density at radius 1 is 1.32 bits per heavy atom. The normalized spacial score (nSPS) is 16.9. The maximum absolute atomic E-state index is 12.1. The minimum absolute atomic E-state index is 0.146. The monoisotopic (exact) mass is 304 g/mol. The lowest BCUT2D eigenvalue weighted by Gasteiger charge is -2.31. The summed E-state index contributed by atoms with van der Waals surface area (Å²) < 4.78 is 0. The smallest absolute Gasteiger partial charge is 0.223 e. The third kappa shape index (κ3) is 5.02. The van der Waals surface area contributed by atoms with Crippen molar-refractivity contribution in [3.8, 4) is 5.75 Å². The van der Waals surface area contributed by atoms with Crippen molar-refractivity contribution < 1.29 is 9.90 Å². The van der Waals surface area contributed by atoms with Crippen LogP contribution in [0.15, 0.2) is 24.3 Å². The van der Waals surface area contributed by atoms with Crippen LogP contribution in [0.25, 0.3) is 0 Å². The third-order valence-electron chi connectivity index (χ3n) is 4.36. The Morgan fingerprint density at radius 3 is 2.64 bits per heavy atom. The van der Waals surface area contributed by atoms with Crippen molar-refractivity contribution in [3.63, 3.8) is 0 Å². The Hall–Kier alpha value is -1.55. The fourth-order valence-electron chi connectivity index (χ4n) is 2.87. The molecule has 1 aliphatic rings. The van der Waals surface area contributed by atoms with Crippen LogP contribution in [-0.4, -0.2) is 35.5 Å². The maximum Gasteiger partial charge on any atom is 0.223 e. The van der Waals surface area contributed by atoms with Crippen LogP contribution in [-0.2, 0) is 11.3 Å². The molecule has 1 heterocycles. The van der Waals surface area contributed by atoms with Gasteiger partial charge in [0, 0.05) is 24.6 Å². The number of phenolic OH excluding ortho intramolecular Hbond substituents is 1. The zero-order valence-corrected chi connectivity index (χ0v) is 13.7. The van der Waals surface area contributed by atoms with E-state index in [0.29, 0.717) is 11.7 Å². The topological polar surface area (TPSA) is 52.6 Å². The first-order chi connectivity index (χ1) is 10.6. The molecule has 4 heteroatoms. The number of rotatable bonds is 6. The molecule has 4 nitrogen and oxygen atoms in total. The van der Waals surface area contributed by atoms with Crippen molar-refractivity contribution in [2.45, 2.75) is 39.7 Å². The van der Waals surface area contributed by atoms with E-state index < -0.39 is 0 Å². The van der Waals surface area contributed by atoms with E-state index in [1.165, 1.54) is 0 Å². The van der Waals surface area contributed by atoms with E-state index in [1.807, 2.05) is 18.2 Å². The van der Waals surface area contributed by atoms with E-state index in [1.54, 1.807) is 6.07 Å². The van der Waals surface area contributed by atoms with Gasteiger partial charge in [-0.2, -0.15) is 0 Å². The number of carbonyl (C=O) groups is 1. The predicted molar refractivity (Wildman–Crippen MR) is 88.6 cm³/mol. The van der Waals surface area contributed by atoms with Crippen LogP contribution in [0.1, 0.15) is 38.7 Å². The molecule has 2 N–H and O–H groups in total. The zero-order chi connectivity index (χ0) is 15.9. The lowest BCUT2D eigenvalue weighted by atomic mass is 9.95. The second-order valence-corrected chi connectivity index (χ2v) is 6.65. The van der Waals surface area contributed by atoms with Crippen LogP contribution in [0.4, 0.5) is 0 Å². The Balaban J connectivity index is 1.73. The molecule has 0 radical (unpaired) electrons. The molecule has 122 valence electrons. The predicted octanol–water partition coefficient (Wildman–Crippen LogP) is 2.77. The minimum atomic E-state index is 0.146. The summed E-state index contributed by atoms with van der Waals surface area (Å²) in [6.07, 6.45) is 2.85. The van der Waals surface area contributed by atoms with Gasteiger partial charge in [-0.1, -0.05) is 32.0 Å². The lowest BCUT2D eigenvalue weighted by Crippen LogP contribution is -2.40. The Labute approximate surface area is 133 Å². The molecule has 22 heavy (non-hydrogen) atoms. The molecule has 1 saturated heterocycles. The van der Waals surface area contributed by atoms with Gasteiger partial charge >= 0.3 is 0 Å². The molecule has 1 amide bonds. The molecule has 1 aromatic rings. The average Bonchev–Trinajstić information content (AvgIpc) is 2.50. The summed E-state index contributed by atoms with van der Waals surface area (Å²) in [4.78, 5) is 14.4. The van der Waals surface area contributed by atoms with Gasteiger partial charge in [0.25, 0.3) is 0 Å². The van der Waals surface area contributed by atoms with Crippen molar-refractivity contribution in [2.24, 2.45) is 11.8 Å². The van der Waals surface area contributed by atoms with E-state index in [9.17, 15) is 9.90 Å². The van der Waals surface area contributed by atoms with Crippen LogP contribution in [0.5, 0.6) is 5.75 Å². The summed E-state index contributed by atoms with van der Waals surface area (Å²) in [5.74, 6) is 1.34. The first kappa shape index (κ1) is 16.8. The van der Waals surface area contributed by atoms with Gasteiger partial charge < -0.3 is 10.4 Å². The van der Waals surface area contributed by atoms with Crippen molar-refractivity contribution in [1.29, 1.82) is 0 Å². The highest BCUT2D eigenvalue weighted by Gasteiger charge is 2.25. The number of piperidine rings is 1. The highest BCUT2D eigenvalue weighted by molar-refractivity contribution is 5.78. The first-order valence-corrected chi connectivity index (χ1v) is 8.33. The summed E-state index contributed by atoms with van der Waals surface area (Å²) in [5.41, 5.74) is 0.960. The largest absolute Gasteiger partial charge is 0.508 e. The molecule has 1 aliphatic heterocycles. The molecule has 0 atom stereocenters. The molecule has 0 spiro atoms. The first-order valence-electron chi connectivity index (χ1n) is 8.33.